The van der Waals surface area contributed by atoms with E-state index in [0.29, 0.717) is 0 Å². The fraction of sp³-hybridized carbons (Fsp3) is 0. The maximum Gasteiger partial charge on any atom is 0.200 e. The van der Waals surface area contributed by atoms with Crippen LogP contribution in [-0.4, -0.2) is 0 Å². The van der Waals surface area contributed by atoms with E-state index in [4.69, 9.17) is 0 Å². The van der Waals surface area contributed by atoms with E-state index in [2.05, 4.69) is 0 Å². The van der Waals surface area contributed by atoms with Gasteiger partial charge in [0.25, 0.3) is 0 Å². The zero-order valence-corrected chi connectivity index (χ0v) is 25.2. The zero-order chi connectivity index (χ0) is 38.3. The summed E-state index contributed by atoms with van der Waals surface area (Å²) in [5.74, 6) is -35.1. The fourth-order valence-electron chi connectivity index (χ4n) is 5.25. The molecule has 0 aromatic heterocycles. The maximum atomic E-state index is 16.3. The van der Waals surface area contributed by atoms with Crippen LogP contribution in [0.2, 0.25) is 0 Å². The average molecular weight is 764 g/mol. The molecule has 5 aromatic carbocycles. The lowest BCUT2D eigenvalue weighted by molar-refractivity contribution is 0.376. The highest BCUT2D eigenvalue weighted by atomic mass is 31.2. The predicted octanol–water partition coefficient (Wildman–Crippen LogP) is 8.33. The molecule has 0 atom stereocenters. The van der Waals surface area contributed by atoms with Crippen molar-refractivity contribution in [3.63, 3.8) is 0 Å². The van der Waals surface area contributed by atoms with Gasteiger partial charge >= 0.3 is 0 Å². The molecule has 0 N–H and O–H groups in total. The first-order chi connectivity index (χ1) is 24.4. The Kier molecular flexibility index (Phi) is 8.70. The first kappa shape index (κ1) is 36.1. The Morgan fingerprint density at radius 3 is 0.885 bits per heavy atom. The normalized spacial score (nSPS) is 12.5. The summed E-state index contributed by atoms with van der Waals surface area (Å²) in [4.78, 5) is 0. The second-order valence-electron chi connectivity index (χ2n) is 10.4. The van der Waals surface area contributed by atoms with Crippen LogP contribution < -0.4 is 15.9 Å². The molecule has 1 nitrogen and oxygen atoms in total. The molecule has 0 aliphatic carbocycles. The van der Waals surface area contributed by atoms with Crippen LogP contribution in [0.15, 0.2) is 30.3 Å². The van der Waals surface area contributed by atoms with Crippen molar-refractivity contribution in [3.8, 4) is 34.8 Å². The van der Waals surface area contributed by atoms with Crippen LogP contribution in [0.1, 0.15) is 22.3 Å². The third-order valence-electron chi connectivity index (χ3n) is 7.64. The van der Waals surface area contributed by atoms with E-state index in [-0.39, 0.29) is 0 Å². The van der Waals surface area contributed by atoms with Gasteiger partial charge in [-0.15, -0.1) is 0 Å². The van der Waals surface area contributed by atoms with E-state index in [1.54, 1.807) is 0 Å². The lowest BCUT2D eigenvalue weighted by Crippen LogP contribution is -2.27. The summed E-state index contributed by atoms with van der Waals surface area (Å²) >= 11 is 0. The highest BCUT2D eigenvalue weighted by Crippen LogP contribution is 2.56. The van der Waals surface area contributed by atoms with Gasteiger partial charge in [-0.3, -0.25) is 0 Å². The van der Waals surface area contributed by atoms with Gasteiger partial charge in [0.05, 0.1) is 10.6 Å². The lowest BCUT2D eigenvalue weighted by atomic mass is 9.99. The second kappa shape index (κ2) is 12.5. The number of fused-ring (bicyclic) bond motifs is 3. The Morgan fingerprint density at radius 1 is 0.327 bits per heavy atom. The van der Waals surface area contributed by atoms with E-state index in [0.717, 1.165) is 24.3 Å². The number of rotatable bonds is 1. The van der Waals surface area contributed by atoms with Gasteiger partial charge < -0.3 is 4.57 Å². The summed E-state index contributed by atoms with van der Waals surface area (Å²) in [6, 6.07) is 5.06. The largest absolute Gasteiger partial charge is 0.308 e. The first-order valence-electron chi connectivity index (χ1n) is 13.5. The van der Waals surface area contributed by atoms with Gasteiger partial charge in [0.2, 0.25) is 11.6 Å². The predicted molar refractivity (Wildman–Crippen MR) is 149 cm³/mol. The third-order valence-corrected chi connectivity index (χ3v) is 10.8. The topological polar surface area (TPSA) is 17.1 Å². The van der Waals surface area contributed by atoms with Crippen molar-refractivity contribution < 1.29 is 74.8 Å². The molecule has 0 amide bonds. The summed E-state index contributed by atoms with van der Waals surface area (Å²) in [5.41, 5.74) is -11.2. The molecule has 0 radical (unpaired) electrons. The molecule has 1 aliphatic heterocycles. The smallest absolute Gasteiger partial charge is 0.200 e. The molecule has 5 aromatic rings. The quantitative estimate of drug-likeness (QED) is 0.0542. The lowest BCUT2D eigenvalue weighted by Gasteiger charge is -2.18. The van der Waals surface area contributed by atoms with Crippen molar-refractivity contribution in [1.82, 2.24) is 0 Å². The molecule has 264 valence electrons. The van der Waals surface area contributed by atoms with Crippen molar-refractivity contribution in [2.24, 2.45) is 0 Å². The minimum Gasteiger partial charge on any atom is -0.308 e. The SMILES string of the molecule is O=P1(c2ccccc2)c2c(F)c(C#Cc3c(F)c(F)c(F)c(F)c3F)c(F)c(F)c2-c2c(F)c(F)c(C#Cc3c(F)c(F)c(F)c(F)c3F)c(F)c21. The van der Waals surface area contributed by atoms with Gasteiger partial charge in [0.15, 0.2) is 88.6 Å². The van der Waals surface area contributed by atoms with Gasteiger partial charge in [0.1, 0.15) is 22.3 Å². The molecule has 52 heavy (non-hydrogen) atoms. The molecule has 0 spiro atoms. The Labute approximate surface area is 278 Å². The Bertz CT molecular complexity index is 2410. The number of hydrogen-bond donors (Lipinski definition) is 0. The van der Waals surface area contributed by atoms with E-state index < -0.39 is 150 Å². The van der Waals surface area contributed by atoms with E-state index in [1.165, 1.54) is 29.7 Å². The summed E-state index contributed by atoms with van der Waals surface area (Å²) < 4.78 is 248. The first-order valence-corrected chi connectivity index (χ1v) is 15.2. The Hall–Kier alpha value is -5.67. The molecule has 1 aliphatic rings. The summed E-state index contributed by atoms with van der Waals surface area (Å²) in [6.07, 6.45) is 0. The molecule has 18 heteroatoms. The van der Waals surface area contributed by atoms with Crippen LogP contribution in [0.3, 0.4) is 0 Å². The minimum absolute atomic E-state index is 0.720. The molecular weight excluding hydrogens is 759 g/mol. The van der Waals surface area contributed by atoms with Crippen molar-refractivity contribution >= 4 is 23.1 Å². The van der Waals surface area contributed by atoms with Crippen molar-refractivity contribution in [1.29, 1.82) is 0 Å². The van der Waals surface area contributed by atoms with Crippen LogP contribution in [0.5, 0.6) is 0 Å². The number of hydrogen-bond acceptors (Lipinski definition) is 1. The number of benzene rings is 5. The highest BCUT2D eigenvalue weighted by molar-refractivity contribution is 7.86. The van der Waals surface area contributed by atoms with Crippen LogP contribution in [0.25, 0.3) is 11.1 Å². The van der Waals surface area contributed by atoms with Gasteiger partial charge in [-0.2, -0.15) is 0 Å². The molecular formula is C34H5F16OP. The second-order valence-corrected chi connectivity index (χ2v) is 13.0. The zero-order valence-electron chi connectivity index (χ0n) is 24.3. The van der Waals surface area contributed by atoms with Crippen molar-refractivity contribution in [2.75, 3.05) is 0 Å². The molecule has 0 saturated heterocycles. The standard InChI is InChI=1S/C34H5F16OP/c35-17-13(8-6-11-19(37)27(45)31(49)28(46)20(11)38)23(41)33-15(25(17)43)16-26(44)18(36)14(9-7-12-21(39)29(47)32(50)30(48)22(12)40)24(42)34(16)52(33,51)10-4-2-1-3-5-10/h1-5H. The fourth-order valence-corrected chi connectivity index (χ4v) is 8.41. The molecule has 6 rings (SSSR count). The minimum atomic E-state index is -5.53. The molecule has 0 fully saturated rings. The summed E-state index contributed by atoms with van der Waals surface area (Å²) in [7, 11) is -5.53. The van der Waals surface area contributed by atoms with E-state index in [1.807, 2.05) is 0 Å². The van der Waals surface area contributed by atoms with Crippen LogP contribution >= 0.6 is 7.14 Å². The Balaban J connectivity index is 1.69. The van der Waals surface area contributed by atoms with Crippen LogP contribution in [0.4, 0.5) is 70.2 Å². The molecule has 0 bridgehead atoms. The van der Waals surface area contributed by atoms with E-state index >= 15 is 26.3 Å². The summed E-state index contributed by atoms with van der Waals surface area (Å²) in [5, 5.41) is -4.00. The summed E-state index contributed by atoms with van der Waals surface area (Å²) in [6.45, 7) is 0. The molecule has 0 saturated carbocycles. The monoisotopic (exact) mass is 764 g/mol. The van der Waals surface area contributed by atoms with Crippen molar-refractivity contribution in [3.05, 3.63) is 146 Å². The van der Waals surface area contributed by atoms with Crippen molar-refractivity contribution in [2.45, 2.75) is 0 Å². The molecule has 1 heterocycles. The van der Waals surface area contributed by atoms with Gasteiger partial charge in [-0.1, -0.05) is 54.0 Å². The average Bonchev–Trinajstić information content (AvgIpc) is 3.42. The van der Waals surface area contributed by atoms with Gasteiger partial charge in [-0.25, -0.2) is 70.2 Å². The van der Waals surface area contributed by atoms with Gasteiger partial charge in [-0.05, 0) is 0 Å². The van der Waals surface area contributed by atoms with Crippen LogP contribution in [-0.2, 0) is 4.57 Å². The third kappa shape index (κ3) is 4.90. The highest BCUT2D eigenvalue weighted by Gasteiger charge is 2.51. The maximum absolute atomic E-state index is 16.3. The number of halogens is 16. The van der Waals surface area contributed by atoms with Gasteiger partial charge in [0, 0.05) is 16.4 Å². The van der Waals surface area contributed by atoms with E-state index in [9.17, 15) is 48.5 Å². The Morgan fingerprint density at radius 2 is 0.577 bits per heavy atom. The van der Waals surface area contributed by atoms with Crippen LogP contribution in [0, 0.1) is 117 Å². The molecule has 0 unspecified atom stereocenters.